The van der Waals surface area contributed by atoms with E-state index in [0.29, 0.717) is 0 Å². The van der Waals surface area contributed by atoms with Crippen LogP contribution in [-0.2, 0) is 19.1 Å². The number of Topliss-reactive ketones (excluding diaryl/α,β-unsaturated/α-hetero) is 2. The van der Waals surface area contributed by atoms with Crippen molar-refractivity contribution in [3.8, 4) is 0 Å². The fraction of sp³-hybridized carbons (Fsp3) is 0.652. The first-order valence-corrected chi connectivity index (χ1v) is 22.2. The van der Waals surface area contributed by atoms with Crippen LogP contribution in [-0.4, -0.2) is 60.7 Å². The molecule has 0 bridgehead atoms. The number of carbonyl (C=O) groups excluding carboxylic acids is 4. The molecule has 6 nitrogen and oxygen atoms in total. The molecule has 0 aliphatic rings. The molecule has 0 unspecified atom stereocenters. The minimum absolute atomic E-state index is 0.127. The number of benzene rings is 2. The summed E-state index contributed by atoms with van der Waals surface area (Å²) in [5.41, 5.74) is 0.273. The second-order valence-corrected chi connectivity index (χ2v) is 19.4. The minimum atomic E-state index is -0.376. The van der Waals surface area contributed by atoms with Crippen molar-refractivity contribution in [3.63, 3.8) is 0 Å². The Kier molecular flexibility index (Phi) is 23.4. The van der Waals surface area contributed by atoms with Crippen molar-refractivity contribution in [1.82, 2.24) is 0 Å². The van der Waals surface area contributed by atoms with Crippen LogP contribution in [0.1, 0.15) is 153 Å². The summed E-state index contributed by atoms with van der Waals surface area (Å²) < 4.78 is 9.63. The second kappa shape index (κ2) is 25.6. The maximum absolute atomic E-state index is 12.7. The first kappa shape index (κ1) is 49.4. The van der Waals surface area contributed by atoms with E-state index in [9.17, 15) is 19.2 Å². The standard InChI is InChI=1S/C28H38O2S.C18H34O4S/c1-27(2,25(29)23-15-7-5-8-16-23)19-11-13-21-31-22-14-12-20-28(3,4)26(30)24-17-9-6-10-18-24;1-17(2,15(19)21-5)11-7-9-13-23-14-10-8-12-18(3,4)16(20)22-6/h5-10,15-18H,11-14,19-22H2,1-4H3;7-14H2,1-6H3. The maximum Gasteiger partial charge on any atom is 0.311 e. The molecule has 0 aromatic heterocycles. The van der Waals surface area contributed by atoms with Crippen LogP contribution in [0.15, 0.2) is 60.7 Å². The Labute approximate surface area is 337 Å². The van der Waals surface area contributed by atoms with Crippen LogP contribution in [0.2, 0.25) is 0 Å². The Morgan fingerprint density at radius 1 is 0.426 bits per heavy atom. The van der Waals surface area contributed by atoms with Gasteiger partial charge in [-0.2, -0.15) is 23.5 Å². The van der Waals surface area contributed by atoms with Gasteiger partial charge in [-0.1, -0.05) is 114 Å². The van der Waals surface area contributed by atoms with Crippen molar-refractivity contribution in [2.24, 2.45) is 21.7 Å². The number of unbranched alkanes of at least 4 members (excludes halogenated alkanes) is 4. The Morgan fingerprint density at radius 2 is 0.685 bits per heavy atom. The maximum atomic E-state index is 12.7. The van der Waals surface area contributed by atoms with Gasteiger partial charge < -0.3 is 9.47 Å². The third-order valence-corrected chi connectivity index (χ3v) is 12.4. The predicted octanol–water partition coefficient (Wildman–Crippen LogP) is 12.3. The molecular formula is C46H72O6S2. The highest BCUT2D eigenvalue weighted by Gasteiger charge is 2.30. The molecule has 2 aromatic rings. The number of hydrogen-bond donors (Lipinski definition) is 0. The van der Waals surface area contributed by atoms with Crippen molar-refractivity contribution in [3.05, 3.63) is 71.8 Å². The number of methoxy groups -OCH3 is 2. The smallest absolute Gasteiger partial charge is 0.311 e. The summed E-state index contributed by atoms with van der Waals surface area (Å²) >= 11 is 3.94. The molecule has 0 saturated heterocycles. The van der Waals surface area contributed by atoms with E-state index >= 15 is 0 Å². The highest BCUT2D eigenvalue weighted by Crippen LogP contribution is 2.31. The van der Waals surface area contributed by atoms with Gasteiger partial charge in [0.1, 0.15) is 0 Å². The van der Waals surface area contributed by atoms with Crippen LogP contribution in [0.25, 0.3) is 0 Å². The monoisotopic (exact) mass is 784 g/mol. The molecule has 2 rings (SSSR count). The molecule has 0 N–H and O–H groups in total. The van der Waals surface area contributed by atoms with Crippen LogP contribution in [0, 0.1) is 21.7 Å². The van der Waals surface area contributed by atoms with Crippen molar-refractivity contribution in [1.29, 1.82) is 0 Å². The lowest BCUT2D eigenvalue weighted by Gasteiger charge is -2.23. The predicted molar refractivity (Wildman–Crippen MR) is 231 cm³/mol. The summed E-state index contributed by atoms with van der Waals surface area (Å²) in [5.74, 6) is 4.76. The lowest BCUT2D eigenvalue weighted by atomic mass is 9.80. The normalized spacial score (nSPS) is 12.0. The molecule has 304 valence electrons. The molecule has 0 atom stereocenters. The van der Waals surface area contributed by atoms with Crippen molar-refractivity contribution < 1.29 is 28.7 Å². The highest BCUT2D eigenvalue weighted by molar-refractivity contribution is 7.99. The number of ketones is 2. The summed E-state index contributed by atoms with van der Waals surface area (Å²) in [7, 11) is 2.89. The van der Waals surface area contributed by atoms with E-state index in [1.165, 1.54) is 14.2 Å². The number of carbonyl (C=O) groups is 4. The fourth-order valence-corrected chi connectivity index (χ4v) is 8.27. The van der Waals surface area contributed by atoms with Gasteiger partial charge in [-0.15, -0.1) is 0 Å². The first-order chi connectivity index (χ1) is 25.4. The van der Waals surface area contributed by atoms with Crippen LogP contribution in [0.3, 0.4) is 0 Å². The number of thioether (sulfide) groups is 2. The van der Waals surface area contributed by atoms with Gasteiger partial charge in [0.05, 0.1) is 25.0 Å². The average Bonchev–Trinajstić information content (AvgIpc) is 3.15. The summed E-state index contributed by atoms with van der Waals surface area (Å²) in [6.07, 6.45) is 12.4. The molecule has 0 amide bonds. The van der Waals surface area contributed by atoms with Gasteiger partial charge in [0.25, 0.3) is 0 Å². The van der Waals surface area contributed by atoms with Gasteiger partial charge in [0, 0.05) is 22.0 Å². The summed E-state index contributed by atoms with van der Waals surface area (Å²) in [5, 5.41) is 0. The molecule has 0 aliphatic carbocycles. The van der Waals surface area contributed by atoms with Gasteiger partial charge in [-0.05, 0) is 102 Å². The molecule has 0 fully saturated rings. The van der Waals surface area contributed by atoms with Gasteiger partial charge in [-0.25, -0.2) is 0 Å². The minimum Gasteiger partial charge on any atom is -0.469 e. The molecular weight excluding hydrogens is 713 g/mol. The second-order valence-electron chi connectivity index (χ2n) is 17.0. The van der Waals surface area contributed by atoms with Crippen molar-refractivity contribution in [2.45, 2.75) is 132 Å². The van der Waals surface area contributed by atoms with Crippen LogP contribution in [0.4, 0.5) is 0 Å². The molecule has 8 heteroatoms. The van der Waals surface area contributed by atoms with E-state index in [1.54, 1.807) is 0 Å². The van der Waals surface area contributed by atoms with Gasteiger partial charge >= 0.3 is 11.9 Å². The van der Waals surface area contributed by atoms with Crippen LogP contribution < -0.4 is 0 Å². The van der Waals surface area contributed by atoms with Crippen LogP contribution >= 0.6 is 23.5 Å². The number of esters is 2. The Morgan fingerprint density at radius 3 is 0.944 bits per heavy atom. The highest BCUT2D eigenvalue weighted by atomic mass is 32.2. The molecule has 0 spiro atoms. The molecule has 2 aromatic carbocycles. The lowest BCUT2D eigenvalue weighted by molar-refractivity contribution is -0.151. The average molecular weight is 785 g/mol. The molecule has 0 aliphatic heterocycles. The number of rotatable bonds is 26. The van der Waals surface area contributed by atoms with Crippen molar-refractivity contribution in [2.75, 3.05) is 37.2 Å². The SMILES string of the molecule is CC(C)(CCCCSCCCCC(C)(C)C(=O)c1ccccc1)C(=O)c1ccccc1.COC(=O)C(C)(C)CCCCSCCCCC(C)(C)C(=O)OC. The Bertz CT molecular complexity index is 1260. The van der Waals surface area contributed by atoms with E-state index in [0.717, 1.165) is 111 Å². The first-order valence-electron chi connectivity index (χ1n) is 19.9. The molecule has 0 heterocycles. The van der Waals surface area contributed by atoms with Crippen LogP contribution in [0.5, 0.6) is 0 Å². The van der Waals surface area contributed by atoms with Gasteiger partial charge in [-0.3, -0.25) is 19.2 Å². The summed E-state index contributed by atoms with van der Waals surface area (Å²) in [4.78, 5) is 48.5. The topological polar surface area (TPSA) is 86.7 Å². The fourth-order valence-electron chi connectivity index (χ4n) is 6.23. The largest absolute Gasteiger partial charge is 0.469 e. The van der Waals surface area contributed by atoms with E-state index in [1.807, 2.05) is 112 Å². The van der Waals surface area contributed by atoms with Gasteiger partial charge in [0.15, 0.2) is 11.6 Å². The number of ether oxygens (including phenoxy) is 2. The quantitative estimate of drug-likeness (QED) is 0.0529. The van der Waals surface area contributed by atoms with E-state index in [-0.39, 0.29) is 45.2 Å². The molecule has 0 saturated carbocycles. The zero-order valence-corrected chi connectivity index (χ0v) is 37.0. The molecule has 0 radical (unpaired) electrons. The third-order valence-electron chi connectivity index (χ3n) is 10.1. The Hall–Kier alpha value is -2.58. The Balaban J connectivity index is 0.000000567. The number of hydrogen-bond acceptors (Lipinski definition) is 8. The third kappa shape index (κ3) is 19.3. The van der Waals surface area contributed by atoms with Gasteiger partial charge in [0.2, 0.25) is 0 Å². The summed E-state index contributed by atoms with van der Waals surface area (Å²) in [6, 6.07) is 19.3. The zero-order valence-electron chi connectivity index (χ0n) is 35.4. The van der Waals surface area contributed by atoms with E-state index in [2.05, 4.69) is 27.7 Å². The summed E-state index contributed by atoms with van der Waals surface area (Å²) in [6.45, 7) is 16.0. The molecule has 54 heavy (non-hydrogen) atoms. The lowest BCUT2D eigenvalue weighted by Crippen LogP contribution is -2.25. The van der Waals surface area contributed by atoms with E-state index in [4.69, 9.17) is 9.47 Å². The zero-order chi connectivity index (χ0) is 40.7. The van der Waals surface area contributed by atoms with Crippen molar-refractivity contribution >= 4 is 47.0 Å². The van der Waals surface area contributed by atoms with E-state index < -0.39 is 0 Å².